The van der Waals surface area contributed by atoms with Gasteiger partial charge in [0.25, 0.3) is 5.91 Å². The first-order chi connectivity index (χ1) is 10.2. The summed E-state index contributed by atoms with van der Waals surface area (Å²) < 4.78 is 0. The maximum atomic E-state index is 12.3. The predicted octanol–water partition coefficient (Wildman–Crippen LogP) is 3.02. The Morgan fingerprint density at radius 2 is 2.05 bits per heavy atom. The van der Waals surface area contributed by atoms with E-state index in [2.05, 4.69) is 22.8 Å². The van der Waals surface area contributed by atoms with Crippen molar-refractivity contribution in [3.8, 4) is 0 Å². The number of anilines is 1. The molecule has 108 valence electrons. The number of rotatable bonds is 4. The molecule has 1 aliphatic rings. The Morgan fingerprint density at radius 1 is 1.24 bits per heavy atom. The van der Waals surface area contributed by atoms with Crippen LogP contribution < -0.4 is 10.6 Å². The summed E-state index contributed by atoms with van der Waals surface area (Å²) in [5, 5.41) is 6.38. The van der Waals surface area contributed by atoms with Gasteiger partial charge in [-0.1, -0.05) is 30.3 Å². The minimum Gasteiger partial charge on any atom is -0.384 e. The smallest absolute Gasteiger partial charge is 0.251 e. The molecule has 0 saturated heterocycles. The minimum atomic E-state index is 0.00753. The quantitative estimate of drug-likeness (QED) is 0.904. The molecule has 21 heavy (non-hydrogen) atoms. The minimum absolute atomic E-state index is 0.00753. The average molecular weight is 280 g/mol. The second-order valence-electron chi connectivity index (χ2n) is 5.61. The summed E-state index contributed by atoms with van der Waals surface area (Å²) in [6, 6.07) is 16.2. The third kappa shape index (κ3) is 3.24. The summed E-state index contributed by atoms with van der Waals surface area (Å²) in [6.07, 6.45) is 1.84. The Bertz CT molecular complexity index is 637. The molecule has 2 aromatic rings. The van der Waals surface area contributed by atoms with Gasteiger partial charge in [0.1, 0.15) is 0 Å². The number of hydrogen-bond donors (Lipinski definition) is 2. The van der Waals surface area contributed by atoms with Gasteiger partial charge < -0.3 is 10.6 Å². The monoisotopic (exact) mass is 280 g/mol. The van der Waals surface area contributed by atoms with Gasteiger partial charge in [-0.25, -0.2) is 0 Å². The standard InChI is InChI=1S/C18H20N2O/c1-13(11-14-5-3-2-4-6-14)20-18(21)16-7-8-17-15(12-16)9-10-19-17/h2-8,12-13,19H,9-11H2,1H3,(H,20,21). The van der Waals surface area contributed by atoms with Gasteiger partial charge in [0.05, 0.1) is 0 Å². The van der Waals surface area contributed by atoms with E-state index in [0.29, 0.717) is 0 Å². The van der Waals surface area contributed by atoms with Gasteiger partial charge in [-0.15, -0.1) is 0 Å². The van der Waals surface area contributed by atoms with Crippen molar-refractivity contribution in [3.05, 3.63) is 65.2 Å². The van der Waals surface area contributed by atoms with E-state index in [4.69, 9.17) is 0 Å². The zero-order valence-electron chi connectivity index (χ0n) is 12.2. The molecule has 0 spiro atoms. The van der Waals surface area contributed by atoms with E-state index in [1.165, 1.54) is 11.1 Å². The highest BCUT2D eigenvalue weighted by molar-refractivity contribution is 5.95. The zero-order valence-corrected chi connectivity index (χ0v) is 12.2. The van der Waals surface area contributed by atoms with Gasteiger partial charge in [-0.05, 0) is 49.1 Å². The molecule has 1 unspecified atom stereocenters. The van der Waals surface area contributed by atoms with Gasteiger partial charge >= 0.3 is 0 Å². The number of nitrogens with one attached hydrogen (secondary N) is 2. The van der Waals surface area contributed by atoms with Crippen LogP contribution in [0.5, 0.6) is 0 Å². The third-order valence-electron chi connectivity index (χ3n) is 3.84. The molecule has 1 amide bonds. The largest absolute Gasteiger partial charge is 0.384 e. The highest BCUT2D eigenvalue weighted by atomic mass is 16.1. The molecule has 3 heteroatoms. The lowest BCUT2D eigenvalue weighted by Crippen LogP contribution is -2.34. The summed E-state index contributed by atoms with van der Waals surface area (Å²) in [6.45, 7) is 3.00. The van der Waals surface area contributed by atoms with E-state index in [9.17, 15) is 4.79 Å². The molecule has 1 aliphatic heterocycles. The van der Waals surface area contributed by atoms with Crippen LogP contribution in [0.4, 0.5) is 5.69 Å². The molecule has 0 fully saturated rings. The first-order valence-electron chi connectivity index (χ1n) is 7.44. The molecule has 2 N–H and O–H groups in total. The Balaban J connectivity index is 1.63. The van der Waals surface area contributed by atoms with Crippen molar-refractivity contribution in [1.82, 2.24) is 5.32 Å². The second kappa shape index (κ2) is 6.00. The lowest BCUT2D eigenvalue weighted by Gasteiger charge is -2.14. The fraction of sp³-hybridized carbons (Fsp3) is 0.278. The molecule has 0 saturated carbocycles. The van der Waals surface area contributed by atoms with E-state index < -0.39 is 0 Å². The van der Waals surface area contributed by atoms with Gasteiger partial charge in [-0.2, -0.15) is 0 Å². The van der Waals surface area contributed by atoms with Crippen molar-refractivity contribution in [2.45, 2.75) is 25.8 Å². The van der Waals surface area contributed by atoms with Crippen LogP contribution in [0.1, 0.15) is 28.4 Å². The highest BCUT2D eigenvalue weighted by Crippen LogP contribution is 2.23. The molecule has 0 radical (unpaired) electrons. The van der Waals surface area contributed by atoms with Crippen LogP contribution in [0.15, 0.2) is 48.5 Å². The van der Waals surface area contributed by atoms with Crippen LogP contribution in [0, 0.1) is 0 Å². The van der Waals surface area contributed by atoms with Gasteiger partial charge in [0.15, 0.2) is 0 Å². The molecule has 0 aromatic heterocycles. The Labute approximate surface area is 125 Å². The lowest BCUT2D eigenvalue weighted by atomic mass is 10.1. The molecular weight excluding hydrogens is 260 g/mol. The van der Waals surface area contributed by atoms with Gasteiger partial charge in [0.2, 0.25) is 0 Å². The summed E-state index contributed by atoms with van der Waals surface area (Å²) in [5.41, 5.74) is 4.38. The number of benzene rings is 2. The summed E-state index contributed by atoms with van der Waals surface area (Å²) in [7, 11) is 0. The van der Waals surface area contributed by atoms with E-state index in [0.717, 1.165) is 30.6 Å². The fourth-order valence-electron chi connectivity index (χ4n) is 2.77. The van der Waals surface area contributed by atoms with E-state index in [1.807, 2.05) is 43.3 Å². The molecular formula is C18H20N2O. The number of carbonyl (C=O) groups excluding carboxylic acids is 1. The van der Waals surface area contributed by atoms with Crippen molar-refractivity contribution in [3.63, 3.8) is 0 Å². The second-order valence-corrected chi connectivity index (χ2v) is 5.61. The lowest BCUT2D eigenvalue weighted by molar-refractivity contribution is 0.0940. The van der Waals surface area contributed by atoms with Crippen LogP contribution in [-0.2, 0) is 12.8 Å². The van der Waals surface area contributed by atoms with Crippen molar-refractivity contribution < 1.29 is 4.79 Å². The average Bonchev–Trinajstić information content (AvgIpc) is 2.95. The van der Waals surface area contributed by atoms with Crippen LogP contribution in [0.3, 0.4) is 0 Å². The molecule has 1 atom stereocenters. The SMILES string of the molecule is CC(Cc1ccccc1)NC(=O)c1ccc2c(c1)CCN2. The van der Waals surface area contributed by atoms with Crippen molar-refractivity contribution in [2.75, 3.05) is 11.9 Å². The van der Waals surface area contributed by atoms with Gasteiger partial charge in [-0.3, -0.25) is 4.79 Å². The topological polar surface area (TPSA) is 41.1 Å². The molecule has 3 rings (SSSR count). The highest BCUT2D eigenvalue weighted by Gasteiger charge is 2.15. The third-order valence-corrected chi connectivity index (χ3v) is 3.84. The number of hydrogen-bond acceptors (Lipinski definition) is 2. The molecule has 3 nitrogen and oxygen atoms in total. The van der Waals surface area contributed by atoms with Crippen LogP contribution in [-0.4, -0.2) is 18.5 Å². The fourth-order valence-corrected chi connectivity index (χ4v) is 2.77. The molecule has 0 aliphatic carbocycles. The van der Waals surface area contributed by atoms with E-state index in [1.54, 1.807) is 0 Å². The van der Waals surface area contributed by atoms with Crippen molar-refractivity contribution in [2.24, 2.45) is 0 Å². The summed E-state index contributed by atoms with van der Waals surface area (Å²) >= 11 is 0. The number of amides is 1. The van der Waals surface area contributed by atoms with E-state index >= 15 is 0 Å². The Hall–Kier alpha value is -2.29. The van der Waals surface area contributed by atoms with Crippen LogP contribution in [0.2, 0.25) is 0 Å². The number of carbonyl (C=O) groups is 1. The maximum absolute atomic E-state index is 12.3. The van der Waals surface area contributed by atoms with Crippen LogP contribution in [0.25, 0.3) is 0 Å². The summed E-state index contributed by atoms with van der Waals surface area (Å²) in [4.78, 5) is 12.3. The molecule has 2 aromatic carbocycles. The molecule has 0 bridgehead atoms. The van der Waals surface area contributed by atoms with Gasteiger partial charge in [0, 0.05) is 23.8 Å². The normalized spacial score (nSPS) is 14.1. The molecule has 1 heterocycles. The van der Waals surface area contributed by atoms with Crippen molar-refractivity contribution >= 4 is 11.6 Å². The van der Waals surface area contributed by atoms with Crippen molar-refractivity contribution in [1.29, 1.82) is 0 Å². The van der Waals surface area contributed by atoms with Crippen LogP contribution >= 0.6 is 0 Å². The zero-order chi connectivity index (χ0) is 14.7. The Morgan fingerprint density at radius 3 is 2.86 bits per heavy atom. The first kappa shape index (κ1) is 13.7. The maximum Gasteiger partial charge on any atom is 0.251 e. The van der Waals surface area contributed by atoms with E-state index in [-0.39, 0.29) is 11.9 Å². The Kier molecular flexibility index (Phi) is 3.91. The summed E-state index contributed by atoms with van der Waals surface area (Å²) in [5.74, 6) is 0.00753. The number of fused-ring (bicyclic) bond motifs is 1. The predicted molar refractivity (Wildman–Crippen MR) is 85.7 cm³/mol. The first-order valence-corrected chi connectivity index (χ1v) is 7.44.